The lowest BCUT2D eigenvalue weighted by molar-refractivity contribution is 0.0543. The highest BCUT2D eigenvalue weighted by molar-refractivity contribution is 6.21. The first kappa shape index (κ1) is 14.2. The van der Waals surface area contributed by atoms with E-state index in [4.69, 9.17) is 4.74 Å². The number of rotatable bonds is 6. The van der Waals surface area contributed by atoms with Crippen LogP contribution in [0.1, 0.15) is 33.6 Å². The van der Waals surface area contributed by atoms with Crippen LogP contribution in [0.5, 0.6) is 0 Å². The van der Waals surface area contributed by atoms with Crippen molar-refractivity contribution in [3.05, 3.63) is 35.4 Å². The molecule has 0 atom stereocenters. The minimum Gasteiger partial charge on any atom is -0.378 e. The van der Waals surface area contributed by atoms with Crippen molar-refractivity contribution in [2.45, 2.75) is 12.8 Å². The van der Waals surface area contributed by atoms with E-state index >= 15 is 0 Å². The van der Waals surface area contributed by atoms with Gasteiger partial charge in [0.15, 0.2) is 0 Å². The summed E-state index contributed by atoms with van der Waals surface area (Å²) < 4.78 is 5.57. The molecular weight excluding hydrogens is 268 g/mol. The number of carbonyl (C=O) groups excluding carboxylic acids is 2. The molecule has 5 nitrogen and oxygen atoms in total. The van der Waals surface area contributed by atoms with Crippen LogP contribution in [-0.4, -0.2) is 61.0 Å². The van der Waals surface area contributed by atoms with Gasteiger partial charge in [-0.2, -0.15) is 0 Å². The fourth-order valence-electron chi connectivity index (χ4n) is 2.90. The Labute approximate surface area is 124 Å². The van der Waals surface area contributed by atoms with Crippen molar-refractivity contribution in [1.82, 2.24) is 9.80 Å². The summed E-state index contributed by atoms with van der Waals surface area (Å²) in [6.07, 6.45) is 2.55. The number of ether oxygens (including phenoxy) is 1. The van der Waals surface area contributed by atoms with E-state index < -0.39 is 0 Å². The van der Waals surface area contributed by atoms with Gasteiger partial charge in [0.2, 0.25) is 0 Å². The maximum atomic E-state index is 12.1. The lowest BCUT2D eigenvalue weighted by Gasteiger charge is -2.16. The zero-order valence-electron chi connectivity index (χ0n) is 12.1. The molecular formula is C16H20N2O3. The average Bonchev–Trinajstić information content (AvgIpc) is 3.10. The fraction of sp³-hybridized carbons (Fsp3) is 0.500. The Hall–Kier alpha value is -1.72. The van der Waals surface area contributed by atoms with E-state index in [0.29, 0.717) is 30.9 Å². The van der Waals surface area contributed by atoms with Gasteiger partial charge in [0.25, 0.3) is 11.8 Å². The highest BCUT2D eigenvalue weighted by Gasteiger charge is 2.34. The molecule has 3 rings (SSSR count). The largest absolute Gasteiger partial charge is 0.378 e. The average molecular weight is 288 g/mol. The number of fused-ring (bicyclic) bond motifs is 1. The number of hydrogen-bond donors (Lipinski definition) is 0. The van der Waals surface area contributed by atoms with Crippen molar-refractivity contribution in [3.63, 3.8) is 0 Å². The molecule has 0 aromatic heterocycles. The van der Waals surface area contributed by atoms with E-state index in [9.17, 15) is 9.59 Å². The quantitative estimate of drug-likeness (QED) is 0.586. The van der Waals surface area contributed by atoms with Crippen LogP contribution in [0.25, 0.3) is 0 Å². The van der Waals surface area contributed by atoms with Crippen molar-refractivity contribution < 1.29 is 14.3 Å². The van der Waals surface area contributed by atoms with Crippen molar-refractivity contribution in [1.29, 1.82) is 0 Å². The standard InChI is InChI=1S/C16H20N2O3/c19-15-13-5-1-2-6-14(13)16(20)18(15)10-12-21-11-9-17-7-3-4-8-17/h1-2,5-6H,3-4,7-12H2. The lowest BCUT2D eigenvalue weighted by atomic mass is 10.1. The molecule has 5 heteroatoms. The van der Waals surface area contributed by atoms with Gasteiger partial charge < -0.3 is 9.64 Å². The summed E-state index contributed by atoms with van der Waals surface area (Å²) in [5.41, 5.74) is 0.999. The lowest BCUT2D eigenvalue weighted by Crippen LogP contribution is -2.33. The minimum atomic E-state index is -0.209. The van der Waals surface area contributed by atoms with Crippen LogP contribution in [0.3, 0.4) is 0 Å². The predicted molar refractivity (Wildman–Crippen MR) is 78.3 cm³/mol. The number of hydrogen-bond acceptors (Lipinski definition) is 4. The number of amides is 2. The number of imide groups is 1. The molecule has 0 radical (unpaired) electrons. The van der Waals surface area contributed by atoms with Gasteiger partial charge in [-0.15, -0.1) is 0 Å². The topological polar surface area (TPSA) is 49.9 Å². The molecule has 2 amide bonds. The Morgan fingerprint density at radius 3 is 2.10 bits per heavy atom. The van der Waals surface area contributed by atoms with Gasteiger partial charge in [-0.25, -0.2) is 0 Å². The van der Waals surface area contributed by atoms with Crippen molar-refractivity contribution in [2.24, 2.45) is 0 Å². The van der Waals surface area contributed by atoms with Crippen molar-refractivity contribution in [3.8, 4) is 0 Å². The summed E-state index contributed by atoms with van der Waals surface area (Å²) in [6, 6.07) is 6.95. The second-order valence-electron chi connectivity index (χ2n) is 5.47. The Balaban J connectivity index is 1.44. The molecule has 1 saturated heterocycles. The number of carbonyl (C=O) groups is 2. The minimum absolute atomic E-state index is 0.209. The Bertz CT molecular complexity index is 503. The van der Waals surface area contributed by atoms with Crippen LogP contribution >= 0.6 is 0 Å². The van der Waals surface area contributed by atoms with Crippen LogP contribution in [0.2, 0.25) is 0 Å². The highest BCUT2D eigenvalue weighted by Crippen LogP contribution is 2.21. The summed E-state index contributed by atoms with van der Waals surface area (Å²) in [5.74, 6) is -0.419. The molecule has 0 N–H and O–H groups in total. The molecule has 1 aromatic carbocycles. The predicted octanol–water partition coefficient (Wildman–Crippen LogP) is 1.40. The van der Waals surface area contributed by atoms with E-state index in [2.05, 4.69) is 4.90 Å². The fourth-order valence-corrected chi connectivity index (χ4v) is 2.90. The SMILES string of the molecule is O=C1c2ccccc2C(=O)N1CCOCCN1CCCC1. The first-order chi connectivity index (χ1) is 10.3. The first-order valence-electron chi connectivity index (χ1n) is 7.53. The van der Waals surface area contributed by atoms with E-state index in [0.717, 1.165) is 19.6 Å². The van der Waals surface area contributed by atoms with Crippen LogP contribution in [0.4, 0.5) is 0 Å². The van der Waals surface area contributed by atoms with E-state index in [-0.39, 0.29) is 11.8 Å². The molecule has 21 heavy (non-hydrogen) atoms. The third kappa shape index (κ3) is 2.99. The summed E-state index contributed by atoms with van der Waals surface area (Å²) >= 11 is 0. The van der Waals surface area contributed by atoms with Crippen molar-refractivity contribution >= 4 is 11.8 Å². The Morgan fingerprint density at radius 2 is 1.48 bits per heavy atom. The van der Waals surface area contributed by atoms with Crippen LogP contribution in [0, 0.1) is 0 Å². The zero-order valence-corrected chi connectivity index (χ0v) is 12.1. The molecule has 0 spiro atoms. The van der Waals surface area contributed by atoms with Gasteiger partial charge in [-0.05, 0) is 38.1 Å². The Kier molecular flexibility index (Phi) is 4.31. The smallest absolute Gasteiger partial charge is 0.261 e. The Morgan fingerprint density at radius 1 is 0.905 bits per heavy atom. The van der Waals surface area contributed by atoms with Gasteiger partial charge in [0, 0.05) is 6.54 Å². The first-order valence-corrected chi connectivity index (χ1v) is 7.53. The number of likely N-dealkylation sites (tertiary alicyclic amines) is 1. The maximum absolute atomic E-state index is 12.1. The van der Waals surface area contributed by atoms with E-state index in [1.807, 2.05) is 0 Å². The van der Waals surface area contributed by atoms with E-state index in [1.165, 1.54) is 17.7 Å². The second-order valence-corrected chi connectivity index (χ2v) is 5.47. The molecule has 0 aliphatic carbocycles. The molecule has 2 heterocycles. The van der Waals surface area contributed by atoms with Gasteiger partial charge >= 0.3 is 0 Å². The van der Waals surface area contributed by atoms with Crippen LogP contribution < -0.4 is 0 Å². The second kappa shape index (κ2) is 6.37. The third-order valence-corrected chi connectivity index (χ3v) is 4.09. The molecule has 0 bridgehead atoms. The molecule has 2 aliphatic rings. The maximum Gasteiger partial charge on any atom is 0.261 e. The normalized spacial score (nSPS) is 18.6. The van der Waals surface area contributed by atoms with E-state index in [1.54, 1.807) is 24.3 Å². The van der Waals surface area contributed by atoms with Crippen LogP contribution in [-0.2, 0) is 4.74 Å². The monoisotopic (exact) mass is 288 g/mol. The molecule has 1 fully saturated rings. The molecule has 112 valence electrons. The van der Waals surface area contributed by atoms with Gasteiger partial charge in [-0.1, -0.05) is 12.1 Å². The highest BCUT2D eigenvalue weighted by atomic mass is 16.5. The third-order valence-electron chi connectivity index (χ3n) is 4.09. The number of nitrogens with zero attached hydrogens (tertiary/aromatic N) is 2. The van der Waals surface area contributed by atoms with Gasteiger partial charge in [0.1, 0.15) is 0 Å². The summed E-state index contributed by atoms with van der Waals surface area (Å²) in [4.78, 5) is 27.9. The van der Waals surface area contributed by atoms with Crippen LogP contribution in [0.15, 0.2) is 24.3 Å². The summed E-state index contributed by atoms with van der Waals surface area (Å²) in [7, 11) is 0. The number of benzene rings is 1. The summed E-state index contributed by atoms with van der Waals surface area (Å²) in [6.45, 7) is 4.63. The summed E-state index contributed by atoms with van der Waals surface area (Å²) in [5, 5.41) is 0. The molecule has 2 aliphatic heterocycles. The van der Waals surface area contributed by atoms with Gasteiger partial charge in [-0.3, -0.25) is 14.5 Å². The van der Waals surface area contributed by atoms with Gasteiger partial charge in [0.05, 0.1) is 30.9 Å². The molecule has 1 aromatic rings. The van der Waals surface area contributed by atoms with Crippen molar-refractivity contribution in [2.75, 3.05) is 39.4 Å². The zero-order chi connectivity index (χ0) is 14.7. The molecule has 0 unspecified atom stereocenters. The molecule has 0 saturated carbocycles.